The number of esters is 1. The number of rotatable bonds is 8. The van der Waals surface area contributed by atoms with Crippen LogP contribution in [0.3, 0.4) is 0 Å². The molecule has 0 aliphatic carbocycles. The van der Waals surface area contributed by atoms with E-state index < -0.39 is 23.9 Å². The number of urea groups is 1. The Morgan fingerprint density at radius 3 is 2.74 bits per heavy atom. The van der Waals surface area contributed by atoms with Crippen molar-refractivity contribution in [2.75, 3.05) is 24.7 Å². The smallest absolute Gasteiger partial charge is 0.323 e. The molecule has 0 saturated carbocycles. The molecule has 3 amide bonds. The van der Waals surface area contributed by atoms with Gasteiger partial charge in [0.2, 0.25) is 5.91 Å². The van der Waals surface area contributed by atoms with Crippen LogP contribution in [0.4, 0.5) is 4.79 Å². The molecule has 0 bridgehead atoms. The second-order valence-corrected chi connectivity index (χ2v) is 4.45. The van der Waals surface area contributed by atoms with Crippen LogP contribution in [0, 0.1) is 0 Å². The third kappa shape index (κ3) is 9.09. The summed E-state index contributed by atoms with van der Waals surface area (Å²) in [4.78, 5) is 33.6. The van der Waals surface area contributed by atoms with Gasteiger partial charge in [0.15, 0.2) is 0 Å². The molecule has 4 N–H and O–H groups in total. The van der Waals surface area contributed by atoms with E-state index in [4.69, 9.17) is 10.5 Å². The van der Waals surface area contributed by atoms with E-state index in [0.29, 0.717) is 0 Å². The Balaban J connectivity index is 3.76. The molecule has 0 aromatic carbocycles. The quantitative estimate of drug-likeness (QED) is 0.415. The number of carbonyl (C=O) groups excluding carboxylic acids is 3. The van der Waals surface area contributed by atoms with Gasteiger partial charge >= 0.3 is 12.0 Å². The number of nitrogens with one attached hydrogen (secondary N) is 2. The topological polar surface area (TPSA) is 111 Å². The summed E-state index contributed by atoms with van der Waals surface area (Å²) >= 11 is 1.15. The summed E-state index contributed by atoms with van der Waals surface area (Å²) in [6, 6.07) is -1.35. The van der Waals surface area contributed by atoms with Gasteiger partial charge in [-0.3, -0.25) is 14.9 Å². The molecule has 0 heterocycles. The van der Waals surface area contributed by atoms with Gasteiger partial charge in [0.25, 0.3) is 0 Å². The van der Waals surface area contributed by atoms with E-state index >= 15 is 0 Å². The van der Waals surface area contributed by atoms with Gasteiger partial charge in [-0.05, 0) is 6.92 Å². The highest BCUT2D eigenvalue weighted by Crippen LogP contribution is 2.02. The second kappa shape index (κ2) is 10.4. The Bertz CT molecular complexity index is 336. The lowest BCUT2D eigenvalue weighted by molar-refractivity contribution is -0.144. The highest BCUT2D eigenvalue weighted by atomic mass is 32.2. The van der Waals surface area contributed by atoms with E-state index in [2.05, 4.69) is 17.2 Å². The fourth-order valence-corrected chi connectivity index (χ4v) is 1.73. The minimum absolute atomic E-state index is 0.0363. The number of ether oxygens (including phenoxy) is 1. The van der Waals surface area contributed by atoms with Crippen LogP contribution in [0.5, 0.6) is 0 Å². The molecule has 108 valence electrons. The largest absolute Gasteiger partial charge is 0.465 e. The standard InChI is InChI=1S/C11H19N3O4S/c1-3-5-13-11(17)14-9(15)7-19-6-8(12)10(16)18-4-2/h3,8H,1,4-7,12H2,2H3,(H2,13,14,15,17). The van der Waals surface area contributed by atoms with Crippen molar-refractivity contribution < 1.29 is 19.1 Å². The van der Waals surface area contributed by atoms with Crippen LogP contribution < -0.4 is 16.4 Å². The third-order valence-corrected chi connectivity index (χ3v) is 2.84. The van der Waals surface area contributed by atoms with E-state index in [1.54, 1.807) is 6.92 Å². The summed E-state index contributed by atoms with van der Waals surface area (Å²) in [6.45, 7) is 5.65. The Morgan fingerprint density at radius 2 is 2.16 bits per heavy atom. The van der Waals surface area contributed by atoms with Gasteiger partial charge in [-0.15, -0.1) is 18.3 Å². The first kappa shape index (κ1) is 17.5. The van der Waals surface area contributed by atoms with Crippen molar-refractivity contribution in [1.29, 1.82) is 0 Å². The molecular weight excluding hydrogens is 270 g/mol. The van der Waals surface area contributed by atoms with Crippen LogP contribution >= 0.6 is 11.8 Å². The lowest BCUT2D eigenvalue weighted by Gasteiger charge is -2.09. The zero-order chi connectivity index (χ0) is 14.7. The average molecular weight is 289 g/mol. The molecule has 19 heavy (non-hydrogen) atoms. The molecule has 1 unspecified atom stereocenters. The van der Waals surface area contributed by atoms with E-state index in [1.807, 2.05) is 0 Å². The first-order valence-corrected chi connectivity index (χ1v) is 6.85. The minimum atomic E-state index is -0.771. The van der Waals surface area contributed by atoms with E-state index in [9.17, 15) is 14.4 Å². The number of amides is 3. The molecule has 0 fully saturated rings. The molecular formula is C11H19N3O4S. The van der Waals surface area contributed by atoms with Crippen LogP contribution in [0.1, 0.15) is 6.92 Å². The van der Waals surface area contributed by atoms with Gasteiger partial charge < -0.3 is 15.8 Å². The normalized spacial score (nSPS) is 11.3. The highest BCUT2D eigenvalue weighted by Gasteiger charge is 2.15. The molecule has 0 aliphatic rings. The van der Waals surface area contributed by atoms with Crippen LogP contribution in [0.2, 0.25) is 0 Å². The first-order chi connectivity index (χ1) is 9.01. The van der Waals surface area contributed by atoms with Crippen LogP contribution in [0.15, 0.2) is 12.7 Å². The number of carbonyl (C=O) groups is 3. The molecule has 1 atom stereocenters. The molecule has 0 radical (unpaired) electrons. The minimum Gasteiger partial charge on any atom is -0.465 e. The predicted molar refractivity (Wildman–Crippen MR) is 73.7 cm³/mol. The summed E-state index contributed by atoms with van der Waals surface area (Å²) in [5.74, 6) is -0.670. The molecule has 7 nitrogen and oxygen atoms in total. The third-order valence-electron chi connectivity index (χ3n) is 1.78. The van der Waals surface area contributed by atoms with Crippen molar-refractivity contribution in [3.63, 3.8) is 0 Å². The number of nitrogens with two attached hydrogens (primary N) is 1. The molecule has 0 spiro atoms. The van der Waals surface area contributed by atoms with Gasteiger partial charge in [-0.25, -0.2) is 4.79 Å². The molecule has 0 aromatic heterocycles. The fraction of sp³-hybridized carbons (Fsp3) is 0.545. The van der Waals surface area contributed by atoms with Crippen molar-refractivity contribution in [3.8, 4) is 0 Å². The Kier molecular flexibility index (Phi) is 9.55. The Hall–Kier alpha value is -1.54. The van der Waals surface area contributed by atoms with Gasteiger partial charge in [-0.2, -0.15) is 0 Å². The predicted octanol–water partition coefficient (Wildman–Crippen LogP) is -0.378. The van der Waals surface area contributed by atoms with E-state index in [1.165, 1.54) is 6.08 Å². The summed E-state index contributed by atoms with van der Waals surface area (Å²) < 4.78 is 4.72. The number of hydrogen-bond donors (Lipinski definition) is 3. The summed E-state index contributed by atoms with van der Waals surface area (Å²) in [5, 5.41) is 4.53. The Labute approximate surface area is 116 Å². The summed E-state index contributed by atoms with van der Waals surface area (Å²) in [6.07, 6.45) is 1.50. The van der Waals surface area contributed by atoms with Gasteiger partial charge in [-0.1, -0.05) is 6.08 Å². The Morgan fingerprint density at radius 1 is 1.47 bits per heavy atom. The SMILES string of the molecule is C=CCNC(=O)NC(=O)CSCC(N)C(=O)OCC. The van der Waals surface area contributed by atoms with Crippen LogP contribution in [0.25, 0.3) is 0 Å². The van der Waals surface area contributed by atoms with Gasteiger partial charge in [0, 0.05) is 12.3 Å². The number of hydrogen-bond acceptors (Lipinski definition) is 6. The summed E-state index contributed by atoms with van der Waals surface area (Å²) in [7, 11) is 0. The molecule has 8 heteroatoms. The second-order valence-electron chi connectivity index (χ2n) is 3.42. The van der Waals surface area contributed by atoms with E-state index in [-0.39, 0.29) is 24.7 Å². The average Bonchev–Trinajstić information content (AvgIpc) is 2.36. The molecule has 0 rings (SSSR count). The van der Waals surface area contributed by atoms with Gasteiger partial charge in [0.1, 0.15) is 6.04 Å². The van der Waals surface area contributed by atoms with Crippen LogP contribution in [-0.4, -0.2) is 48.6 Å². The van der Waals surface area contributed by atoms with Crippen molar-refractivity contribution in [2.45, 2.75) is 13.0 Å². The maximum absolute atomic E-state index is 11.3. The molecule has 0 saturated heterocycles. The number of imide groups is 1. The summed E-state index contributed by atoms with van der Waals surface area (Å²) in [5.41, 5.74) is 5.54. The van der Waals surface area contributed by atoms with Crippen molar-refractivity contribution in [2.24, 2.45) is 5.73 Å². The lowest BCUT2D eigenvalue weighted by atomic mass is 10.4. The molecule has 0 aliphatic heterocycles. The fourth-order valence-electron chi connectivity index (χ4n) is 0.968. The van der Waals surface area contributed by atoms with Gasteiger partial charge in [0.05, 0.1) is 12.4 Å². The monoisotopic (exact) mass is 289 g/mol. The zero-order valence-corrected chi connectivity index (χ0v) is 11.6. The maximum Gasteiger partial charge on any atom is 0.323 e. The lowest BCUT2D eigenvalue weighted by Crippen LogP contribution is -2.41. The van der Waals surface area contributed by atoms with Crippen molar-refractivity contribution >= 4 is 29.7 Å². The zero-order valence-electron chi connectivity index (χ0n) is 10.8. The molecule has 0 aromatic rings. The van der Waals surface area contributed by atoms with Crippen molar-refractivity contribution in [1.82, 2.24) is 10.6 Å². The van der Waals surface area contributed by atoms with E-state index in [0.717, 1.165) is 11.8 Å². The highest BCUT2D eigenvalue weighted by molar-refractivity contribution is 8.00. The van der Waals surface area contributed by atoms with Crippen LogP contribution in [-0.2, 0) is 14.3 Å². The first-order valence-electron chi connectivity index (χ1n) is 5.69. The van der Waals surface area contributed by atoms with Crippen molar-refractivity contribution in [3.05, 3.63) is 12.7 Å². The maximum atomic E-state index is 11.3. The number of thioether (sulfide) groups is 1.